The van der Waals surface area contributed by atoms with Crippen molar-refractivity contribution in [3.63, 3.8) is 0 Å². The van der Waals surface area contributed by atoms with Crippen molar-refractivity contribution in [2.24, 2.45) is 7.05 Å². The molecule has 0 saturated carbocycles. The molecule has 0 unspecified atom stereocenters. The van der Waals surface area contributed by atoms with E-state index in [0.717, 1.165) is 30.1 Å². The molecule has 120 valence electrons. The fourth-order valence-electron chi connectivity index (χ4n) is 3.43. The summed E-state index contributed by atoms with van der Waals surface area (Å²) in [5.41, 5.74) is 1.83. The van der Waals surface area contributed by atoms with Gasteiger partial charge in [0.25, 0.3) is 5.56 Å². The highest BCUT2D eigenvalue weighted by Crippen LogP contribution is 2.23. The maximum Gasteiger partial charge on any atom is 0.282 e. The molecule has 0 atom stereocenters. The molecule has 3 heterocycles. The molecule has 0 bridgehead atoms. The van der Waals surface area contributed by atoms with Gasteiger partial charge in [0.05, 0.1) is 10.9 Å². The zero-order chi connectivity index (χ0) is 16.0. The molecule has 1 aliphatic heterocycles. The van der Waals surface area contributed by atoms with Crippen molar-refractivity contribution in [3.8, 4) is 0 Å². The van der Waals surface area contributed by atoms with Crippen molar-refractivity contribution >= 4 is 22.6 Å². The summed E-state index contributed by atoms with van der Waals surface area (Å²) in [6, 6.07) is 5.87. The second kappa shape index (κ2) is 5.37. The van der Waals surface area contributed by atoms with Crippen LogP contribution in [0, 0.1) is 6.92 Å². The van der Waals surface area contributed by atoms with Crippen molar-refractivity contribution in [3.05, 3.63) is 34.1 Å². The Labute approximate surface area is 134 Å². The van der Waals surface area contributed by atoms with E-state index >= 15 is 0 Å². The number of anilines is 1. The lowest BCUT2D eigenvalue weighted by atomic mass is 10.2. The summed E-state index contributed by atoms with van der Waals surface area (Å²) in [7, 11) is 1.85. The number of hydrogen-bond donors (Lipinski definition) is 0. The summed E-state index contributed by atoms with van der Waals surface area (Å²) in [4.78, 5) is 18.9. The van der Waals surface area contributed by atoms with Gasteiger partial charge in [0.15, 0.2) is 0 Å². The maximum absolute atomic E-state index is 12.3. The quantitative estimate of drug-likeness (QED) is 0.692. The van der Waals surface area contributed by atoms with Crippen LogP contribution in [0.25, 0.3) is 16.7 Å². The molecule has 0 aliphatic carbocycles. The highest BCUT2D eigenvalue weighted by atomic mass is 16.1. The first-order chi connectivity index (χ1) is 11.1. The molecule has 4 rings (SSSR count). The van der Waals surface area contributed by atoms with Crippen LogP contribution in [-0.2, 0) is 7.05 Å². The minimum atomic E-state index is -0.189. The number of hydrogen-bond acceptors (Lipinski definition) is 4. The van der Waals surface area contributed by atoms with Crippen LogP contribution < -0.4 is 10.5 Å². The van der Waals surface area contributed by atoms with E-state index in [1.807, 2.05) is 30.5 Å². The summed E-state index contributed by atoms with van der Waals surface area (Å²) in [6.07, 6.45) is 4.91. The van der Waals surface area contributed by atoms with Gasteiger partial charge in [-0.05, 0) is 37.5 Å². The van der Waals surface area contributed by atoms with E-state index in [-0.39, 0.29) is 5.56 Å². The van der Waals surface area contributed by atoms with Gasteiger partial charge in [-0.15, -0.1) is 5.10 Å². The zero-order valence-electron chi connectivity index (χ0n) is 13.6. The molecule has 1 aliphatic rings. The molecule has 0 amide bonds. The molecule has 0 radical (unpaired) electrons. The van der Waals surface area contributed by atoms with Gasteiger partial charge in [0.1, 0.15) is 0 Å². The predicted molar refractivity (Wildman–Crippen MR) is 91.2 cm³/mol. The molecule has 0 spiro atoms. The van der Waals surface area contributed by atoms with Gasteiger partial charge in [-0.2, -0.15) is 4.98 Å². The fourth-order valence-corrected chi connectivity index (χ4v) is 3.43. The highest BCUT2D eigenvalue weighted by molar-refractivity contribution is 5.82. The van der Waals surface area contributed by atoms with Gasteiger partial charge >= 0.3 is 0 Å². The standard InChI is InChI=1S/C17H21N5O/c1-12-7-8-13-14(11-12)22-16(18-15(13)23)20(2)19-17(22)21-9-5-3-4-6-10-21/h7-8,11H,3-6,9-10H2,1-2H3. The van der Waals surface area contributed by atoms with E-state index in [0.29, 0.717) is 11.2 Å². The number of fused-ring (bicyclic) bond motifs is 3. The van der Waals surface area contributed by atoms with Gasteiger partial charge < -0.3 is 4.90 Å². The van der Waals surface area contributed by atoms with Crippen LogP contribution in [0.5, 0.6) is 0 Å². The van der Waals surface area contributed by atoms with Gasteiger partial charge in [-0.1, -0.05) is 18.9 Å². The summed E-state index contributed by atoms with van der Waals surface area (Å²) in [6.45, 7) is 4.05. The third kappa shape index (κ3) is 2.29. The molecule has 23 heavy (non-hydrogen) atoms. The second-order valence-electron chi connectivity index (χ2n) is 6.40. The van der Waals surface area contributed by atoms with Gasteiger partial charge in [-0.3, -0.25) is 4.79 Å². The van der Waals surface area contributed by atoms with E-state index in [2.05, 4.69) is 21.0 Å². The van der Waals surface area contributed by atoms with Crippen molar-refractivity contribution in [2.45, 2.75) is 32.6 Å². The summed E-state index contributed by atoms with van der Waals surface area (Å²) in [5, 5.41) is 5.33. The predicted octanol–water partition coefficient (Wildman–Crippen LogP) is 2.27. The van der Waals surface area contributed by atoms with E-state index in [4.69, 9.17) is 0 Å². The number of rotatable bonds is 1. The topological polar surface area (TPSA) is 55.4 Å². The molecule has 0 N–H and O–H groups in total. The first-order valence-electron chi connectivity index (χ1n) is 8.26. The third-order valence-electron chi connectivity index (χ3n) is 4.64. The summed E-state index contributed by atoms with van der Waals surface area (Å²) in [5.74, 6) is 1.50. The first-order valence-corrected chi connectivity index (χ1v) is 8.26. The average molecular weight is 311 g/mol. The van der Waals surface area contributed by atoms with Crippen LogP contribution in [0.1, 0.15) is 31.2 Å². The van der Waals surface area contributed by atoms with E-state index in [1.165, 1.54) is 25.7 Å². The Bertz CT molecular complexity index is 931. The Hall–Kier alpha value is -2.37. The van der Waals surface area contributed by atoms with Crippen molar-refractivity contribution in [2.75, 3.05) is 18.0 Å². The Morgan fingerprint density at radius 2 is 1.83 bits per heavy atom. The molecule has 6 heteroatoms. The molecule has 3 aromatic rings. The van der Waals surface area contributed by atoms with E-state index in [1.54, 1.807) is 4.68 Å². The minimum Gasteiger partial charge on any atom is -0.341 e. The van der Waals surface area contributed by atoms with Crippen LogP contribution >= 0.6 is 0 Å². The molecule has 1 fully saturated rings. The van der Waals surface area contributed by atoms with Crippen molar-refractivity contribution in [1.29, 1.82) is 0 Å². The van der Waals surface area contributed by atoms with Crippen LogP contribution in [0.3, 0.4) is 0 Å². The van der Waals surface area contributed by atoms with E-state index in [9.17, 15) is 4.79 Å². The minimum absolute atomic E-state index is 0.189. The molecule has 1 aromatic carbocycles. The lowest BCUT2D eigenvalue weighted by molar-refractivity contribution is 0.726. The number of aryl methyl sites for hydroxylation is 2. The SMILES string of the molecule is Cc1ccc2c(=O)nc3n(C)nc(N4CCCCCC4)n3c2c1. The number of benzene rings is 1. The largest absolute Gasteiger partial charge is 0.341 e. The monoisotopic (exact) mass is 311 g/mol. The van der Waals surface area contributed by atoms with Crippen LogP contribution in [0.4, 0.5) is 5.95 Å². The zero-order valence-corrected chi connectivity index (χ0v) is 13.6. The Morgan fingerprint density at radius 3 is 2.57 bits per heavy atom. The van der Waals surface area contributed by atoms with Gasteiger partial charge in [-0.25, -0.2) is 9.08 Å². The van der Waals surface area contributed by atoms with Gasteiger partial charge in [0.2, 0.25) is 11.7 Å². The fraction of sp³-hybridized carbons (Fsp3) is 0.471. The summed E-state index contributed by atoms with van der Waals surface area (Å²) < 4.78 is 3.75. The maximum atomic E-state index is 12.3. The lowest BCUT2D eigenvalue weighted by Gasteiger charge is -2.20. The summed E-state index contributed by atoms with van der Waals surface area (Å²) >= 11 is 0. The molecular formula is C17H21N5O. The van der Waals surface area contributed by atoms with Crippen molar-refractivity contribution in [1.82, 2.24) is 19.2 Å². The molecule has 6 nitrogen and oxygen atoms in total. The van der Waals surface area contributed by atoms with Gasteiger partial charge in [0, 0.05) is 20.1 Å². The van der Waals surface area contributed by atoms with E-state index < -0.39 is 0 Å². The van der Waals surface area contributed by atoms with Crippen LogP contribution in [-0.4, -0.2) is 32.3 Å². The third-order valence-corrected chi connectivity index (χ3v) is 4.64. The van der Waals surface area contributed by atoms with Crippen LogP contribution in [0.2, 0.25) is 0 Å². The average Bonchev–Trinajstić information content (AvgIpc) is 2.73. The Balaban J connectivity index is 2.05. The Morgan fingerprint density at radius 1 is 1.09 bits per heavy atom. The molecule has 2 aromatic heterocycles. The molecule has 1 saturated heterocycles. The van der Waals surface area contributed by atoms with Crippen molar-refractivity contribution < 1.29 is 0 Å². The number of nitrogens with zero attached hydrogens (tertiary/aromatic N) is 5. The molecular weight excluding hydrogens is 290 g/mol. The Kier molecular flexibility index (Phi) is 3.32. The van der Waals surface area contributed by atoms with Crippen LogP contribution in [0.15, 0.2) is 23.0 Å². The highest BCUT2D eigenvalue weighted by Gasteiger charge is 2.20. The lowest BCUT2D eigenvalue weighted by Crippen LogP contribution is -2.26. The first kappa shape index (κ1) is 14.2. The normalized spacial score (nSPS) is 16.2. The number of aromatic nitrogens is 4. The smallest absolute Gasteiger partial charge is 0.282 e. The second-order valence-corrected chi connectivity index (χ2v) is 6.40.